The van der Waals surface area contributed by atoms with Crippen LogP contribution in [0.1, 0.15) is 33.6 Å². The van der Waals surface area contributed by atoms with Crippen molar-refractivity contribution in [2.45, 2.75) is 24.9 Å². The second kappa shape index (κ2) is 6.85. The summed E-state index contributed by atoms with van der Waals surface area (Å²) >= 11 is 6.26. The van der Waals surface area contributed by atoms with Crippen molar-refractivity contribution in [3.8, 4) is 0 Å². The summed E-state index contributed by atoms with van der Waals surface area (Å²) < 4.78 is 0. The van der Waals surface area contributed by atoms with Crippen molar-refractivity contribution in [2.24, 2.45) is 0 Å². The number of benzene rings is 2. The van der Waals surface area contributed by atoms with Gasteiger partial charge in [-0.15, -0.1) is 0 Å². The van der Waals surface area contributed by atoms with E-state index in [0.717, 1.165) is 34.6 Å². The molecule has 2 atom stereocenters. The van der Waals surface area contributed by atoms with Crippen LogP contribution in [0.4, 0.5) is 0 Å². The molecule has 2 bridgehead atoms. The van der Waals surface area contributed by atoms with E-state index < -0.39 is 0 Å². The maximum absolute atomic E-state index is 13.5. The highest BCUT2D eigenvalue weighted by atomic mass is 35.5. The number of H-pyrrole nitrogens is 2. The number of fused-ring (bicyclic) bond motifs is 4. The summed E-state index contributed by atoms with van der Waals surface area (Å²) in [6, 6.07) is 11.2. The Morgan fingerprint density at radius 1 is 0.968 bits per heavy atom. The van der Waals surface area contributed by atoms with Gasteiger partial charge >= 0.3 is 0 Å². The molecule has 7 nitrogen and oxygen atoms in total. The lowest BCUT2D eigenvalue weighted by Crippen LogP contribution is -2.57. The Hall–Kier alpha value is -3.32. The van der Waals surface area contributed by atoms with E-state index in [2.05, 4.69) is 15.2 Å². The first kappa shape index (κ1) is 18.4. The zero-order valence-corrected chi connectivity index (χ0v) is 17.4. The van der Waals surface area contributed by atoms with Crippen molar-refractivity contribution in [2.75, 3.05) is 13.1 Å². The zero-order valence-electron chi connectivity index (χ0n) is 16.6. The SMILES string of the molecule is O=C(c1c[nH]c2c(Cl)cccc12)N1CC2CCC(C1)N2C(=O)c1cccc2[nH]ncc12. The van der Waals surface area contributed by atoms with Gasteiger partial charge in [-0.2, -0.15) is 5.10 Å². The number of amides is 2. The van der Waals surface area contributed by atoms with Gasteiger partial charge in [0, 0.05) is 30.1 Å². The van der Waals surface area contributed by atoms with Crippen molar-refractivity contribution < 1.29 is 9.59 Å². The van der Waals surface area contributed by atoms with Crippen LogP contribution in [-0.2, 0) is 0 Å². The molecule has 31 heavy (non-hydrogen) atoms. The highest BCUT2D eigenvalue weighted by Crippen LogP contribution is 2.34. The molecule has 0 spiro atoms. The van der Waals surface area contributed by atoms with Gasteiger partial charge in [0.2, 0.25) is 0 Å². The Labute approximate surface area is 183 Å². The van der Waals surface area contributed by atoms with Gasteiger partial charge in [0.05, 0.1) is 45.5 Å². The van der Waals surface area contributed by atoms with Gasteiger partial charge < -0.3 is 14.8 Å². The summed E-state index contributed by atoms with van der Waals surface area (Å²) in [5.41, 5.74) is 2.91. The fourth-order valence-electron chi connectivity index (χ4n) is 5.16. The van der Waals surface area contributed by atoms with Crippen LogP contribution >= 0.6 is 11.6 Å². The summed E-state index contributed by atoms with van der Waals surface area (Å²) in [7, 11) is 0. The molecule has 4 aromatic rings. The van der Waals surface area contributed by atoms with Crippen LogP contribution in [0, 0.1) is 0 Å². The van der Waals surface area contributed by atoms with Gasteiger partial charge in [-0.3, -0.25) is 14.7 Å². The van der Waals surface area contributed by atoms with Gasteiger partial charge in [0.1, 0.15) is 0 Å². The molecule has 0 aliphatic carbocycles. The summed E-state index contributed by atoms with van der Waals surface area (Å²) in [4.78, 5) is 33.8. The van der Waals surface area contributed by atoms with E-state index in [1.54, 1.807) is 18.5 Å². The lowest BCUT2D eigenvalue weighted by atomic mass is 10.1. The number of piperazine rings is 1. The molecule has 2 saturated heterocycles. The number of halogens is 1. The Morgan fingerprint density at radius 3 is 2.55 bits per heavy atom. The minimum atomic E-state index is -0.0190. The quantitative estimate of drug-likeness (QED) is 0.504. The third-order valence-corrected chi connectivity index (χ3v) is 6.93. The lowest BCUT2D eigenvalue weighted by Gasteiger charge is -2.41. The van der Waals surface area contributed by atoms with E-state index in [1.807, 2.05) is 40.1 Å². The summed E-state index contributed by atoms with van der Waals surface area (Å²) in [5, 5.41) is 9.26. The minimum Gasteiger partial charge on any atom is -0.359 e. The normalized spacial score (nSPS) is 20.7. The molecule has 2 amide bonds. The van der Waals surface area contributed by atoms with Gasteiger partial charge in [-0.1, -0.05) is 29.8 Å². The molecule has 156 valence electrons. The standard InChI is InChI=1S/C23H20ClN5O2/c24-19-5-1-3-15-18(9-25-21(15)19)22(30)28-11-13-7-8-14(12-28)29(13)23(31)16-4-2-6-20-17(16)10-26-27-20/h1-6,9-10,13-14,25H,7-8,11-12H2,(H,26,27). The molecular formula is C23H20ClN5O2. The van der Waals surface area contributed by atoms with Crippen LogP contribution in [0.3, 0.4) is 0 Å². The molecule has 2 aliphatic heterocycles. The molecular weight excluding hydrogens is 414 g/mol. The summed E-state index contributed by atoms with van der Waals surface area (Å²) in [6.45, 7) is 1.07. The topological polar surface area (TPSA) is 85.1 Å². The van der Waals surface area contributed by atoms with E-state index in [1.165, 1.54) is 0 Å². The predicted octanol–water partition coefficient (Wildman–Crippen LogP) is 3.83. The molecule has 0 saturated carbocycles. The van der Waals surface area contributed by atoms with Crippen molar-refractivity contribution in [1.82, 2.24) is 25.0 Å². The Balaban J connectivity index is 1.28. The van der Waals surface area contributed by atoms with Crippen molar-refractivity contribution in [3.05, 3.63) is 64.9 Å². The highest BCUT2D eigenvalue weighted by Gasteiger charge is 2.44. The summed E-state index contributed by atoms with van der Waals surface area (Å²) in [6.07, 6.45) is 5.24. The van der Waals surface area contributed by atoms with Gasteiger partial charge in [-0.25, -0.2) is 0 Å². The number of hydrogen-bond donors (Lipinski definition) is 2. The molecule has 8 heteroatoms. The number of aromatic nitrogens is 3. The fraction of sp³-hybridized carbons (Fsp3) is 0.261. The van der Waals surface area contributed by atoms with E-state index >= 15 is 0 Å². The molecule has 2 aromatic carbocycles. The van der Waals surface area contributed by atoms with Crippen LogP contribution in [0.2, 0.25) is 5.02 Å². The maximum Gasteiger partial charge on any atom is 0.256 e. The second-order valence-corrected chi connectivity index (χ2v) is 8.72. The average Bonchev–Trinajstić information content (AvgIpc) is 3.49. The van der Waals surface area contributed by atoms with Crippen molar-refractivity contribution in [1.29, 1.82) is 0 Å². The number of likely N-dealkylation sites (tertiary alicyclic amines) is 1. The predicted molar refractivity (Wildman–Crippen MR) is 118 cm³/mol. The lowest BCUT2D eigenvalue weighted by molar-refractivity contribution is 0.0362. The van der Waals surface area contributed by atoms with E-state index in [-0.39, 0.29) is 23.9 Å². The molecule has 2 N–H and O–H groups in total. The maximum atomic E-state index is 13.5. The summed E-state index contributed by atoms with van der Waals surface area (Å²) in [5.74, 6) is -0.0000678. The number of hydrogen-bond acceptors (Lipinski definition) is 3. The molecule has 2 aliphatic rings. The first-order chi connectivity index (χ1) is 15.1. The number of nitrogens with zero attached hydrogens (tertiary/aromatic N) is 3. The highest BCUT2D eigenvalue weighted by molar-refractivity contribution is 6.35. The third kappa shape index (κ3) is 2.76. The first-order valence-corrected chi connectivity index (χ1v) is 10.8. The average molecular weight is 434 g/mol. The molecule has 2 aromatic heterocycles. The van der Waals surface area contributed by atoms with Gasteiger partial charge in [0.15, 0.2) is 0 Å². The van der Waals surface area contributed by atoms with Gasteiger partial charge in [-0.05, 0) is 31.0 Å². The zero-order chi connectivity index (χ0) is 21.1. The Morgan fingerprint density at radius 2 is 1.74 bits per heavy atom. The van der Waals surface area contributed by atoms with Crippen LogP contribution in [0.15, 0.2) is 48.8 Å². The number of aromatic amines is 2. The number of rotatable bonds is 2. The number of para-hydroxylation sites is 1. The molecule has 2 fully saturated rings. The molecule has 0 radical (unpaired) electrons. The van der Waals surface area contributed by atoms with Gasteiger partial charge in [0.25, 0.3) is 11.8 Å². The monoisotopic (exact) mass is 433 g/mol. The smallest absolute Gasteiger partial charge is 0.256 e. The molecule has 4 heterocycles. The Kier molecular flexibility index (Phi) is 4.08. The van der Waals surface area contributed by atoms with Crippen LogP contribution in [-0.4, -0.2) is 62.0 Å². The van der Waals surface area contributed by atoms with Crippen molar-refractivity contribution >= 4 is 45.2 Å². The first-order valence-electron chi connectivity index (χ1n) is 10.4. The molecule has 6 rings (SSSR count). The van der Waals surface area contributed by atoms with Crippen LogP contribution < -0.4 is 0 Å². The third-order valence-electron chi connectivity index (χ3n) is 6.61. The fourth-order valence-corrected chi connectivity index (χ4v) is 5.39. The largest absolute Gasteiger partial charge is 0.359 e. The minimum absolute atomic E-state index is 0.0190. The second-order valence-electron chi connectivity index (χ2n) is 8.31. The van der Waals surface area contributed by atoms with Crippen molar-refractivity contribution in [3.63, 3.8) is 0 Å². The molecule has 2 unspecified atom stereocenters. The number of nitrogens with one attached hydrogen (secondary N) is 2. The number of carbonyl (C=O) groups is 2. The van der Waals surface area contributed by atoms with Crippen LogP contribution in [0.5, 0.6) is 0 Å². The Bertz CT molecular complexity index is 1330. The van der Waals surface area contributed by atoms with E-state index in [0.29, 0.717) is 29.2 Å². The van der Waals surface area contributed by atoms with E-state index in [4.69, 9.17) is 11.6 Å². The van der Waals surface area contributed by atoms with Crippen LogP contribution in [0.25, 0.3) is 21.8 Å². The number of carbonyl (C=O) groups excluding carboxylic acids is 2. The van der Waals surface area contributed by atoms with E-state index in [9.17, 15) is 9.59 Å².